The summed E-state index contributed by atoms with van der Waals surface area (Å²) >= 11 is 0. The lowest BCUT2D eigenvalue weighted by Crippen LogP contribution is -2.45. The lowest BCUT2D eigenvalue weighted by atomic mass is 9.86. The van der Waals surface area contributed by atoms with Crippen LogP contribution in [0.25, 0.3) is 0 Å². The normalized spacial score (nSPS) is 19.2. The third-order valence-electron chi connectivity index (χ3n) is 6.29. The van der Waals surface area contributed by atoms with E-state index < -0.39 is 0 Å². The Morgan fingerprint density at radius 1 is 1.07 bits per heavy atom. The number of piperazine rings is 1. The molecule has 2 aromatic carbocycles. The maximum atomic E-state index is 13.0. The molecule has 0 aromatic heterocycles. The molecule has 0 unspecified atom stereocenters. The molecule has 6 heteroatoms. The number of methoxy groups -OCH3 is 2. The first-order chi connectivity index (χ1) is 14.6. The molecule has 1 aliphatic carbocycles. The molecule has 0 radical (unpaired) electrons. The van der Waals surface area contributed by atoms with Crippen LogP contribution < -0.4 is 19.7 Å². The van der Waals surface area contributed by atoms with Crippen molar-refractivity contribution in [2.45, 2.75) is 25.3 Å². The summed E-state index contributed by atoms with van der Waals surface area (Å²) in [6, 6.07) is 12.1. The summed E-state index contributed by atoms with van der Waals surface area (Å²) in [6.45, 7) is 4.27. The smallest absolute Gasteiger partial charge is 0.255 e. The van der Waals surface area contributed by atoms with Gasteiger partial charge in [0.25, 0.3) is 5.91 Å². The SMILES string of the molecule is COc1ccc(C(=O)N[C@@H]2CCc3cccc(N4CCN(C)CC4)c3C2)c(OC)c1. The van der Waals surface area contributed by atoms with Crippen molar-refractivity contribution in [3.05, 3.63) is 53.1 Å². The maximum Gasteiger partial charge on any atom is 0.255 e. The summed E-state index contributed by atoms with van der Waals surface area (Å²) in [4.78, 5) is 17.8. The predicted octanol–water partition coefficient (Wildman–Crippen LogP) is 2.74. The van der Waals surface area contributed by atoms with Gasteiger partial charge in [0.2, 0.25) is 0 Å². The summed E-state index contributed by atoms with van der Waals surface area (Å²) < 4.78 is 10.6. The van der Waals surface area contributed by atoms with E-state index in [9.17, 15) is 4.79 Å². The van der Waals surface area contributed by atoms with Gasteiger partial charge in [-0.05, 0) is 55.6 Å². The minimum Gasteiger partial charge on any atom is -0.497 e. The molecule has 1 fully saturated rings. The number of aryl methyl sites for hydroxylation is 1. The minimum absolute atomic E-state index is 0.0972. The Morgan fingerprint density at radius 2 is 1.87 bits per heavy atom. The first-order valence-corrected chi connectivity index (χ1v) is 10.7. The number of likely N-dealkylation sites (N-methyl/N-ethyl adjacent to an activating group) is 1. The molecule has 2 aliphatic rings. The molecule has 0 saturated carbocycles. The molecule has 1 saturated heterocycles. The number of hydrogen-bond acceptors (Lipinski definition) is 5. The van der Waals surface area contributed by atoms with Crippen molar-refractivity contribution in [1.29, 1.82) is 0 Å². The second-order valence-electron chi connectivity index (χ2n) is 8.18. The van der Waals surface area contributed by atoms with Crippen molar-refractivity contribution in [3.63, 3.8) is 0 Å². The van der Waals surface area contributed by atoms with Gasteiger partial charge in [0, 0.05) is 44.0 Å². The number of carbonyl (C=O) groups is 1. The highest BCUT2D eigenvalue weighted by Crippen LogP contribution is 2.32. The average molecular weight is 410 g/mol. The van der Waals surface area contributed by atoms with E-state index in [4.69, 9.17) is 9.47 Å². The number of fused-ring (bicyclic) bond motifs is 1. The van der Waals surface area contributed by atoms with Crippen molar-refractivity contribution >= 4 is 11.6 Å². The molecule has 4 rings (SSSR count). The predicted molar refractivity (Wildman–Crippen MR) is 119 cm³/mol. The summed E-state index contributed by atoms with van der Waals surface area (Å²) in [5, 5.41) is 3.24. The van der Waals surface area contributed by atoms with Crippen LogP contribution in [0.2, 0.25) is 0 Å². The topological polar surface area (TPSA) is 54.0 Å². The highest BCUT2D eigenvalue weighted by atomic mass is 16.5. The van der Waals surface area contributed by atoms with E-state index in [1.165, 1.54) is 16.8 Å². The van der Waals surface area contributed by atoms with Crippen LogP contribution in [0.15, 0.2) is 36.4 Å². The Balaban J connectivity index is 1.50. The Morgan fingerprint density at radius 3 is 2.60 bits per heavy atom. The van der Waals surface area contributed by atoms with E-state index in [2.05, 4.69) is 40.4 Å². The molecule has 1 atom stereocenters. The lowest BCUT2D eigenvalue weighted by Gasteiger charge is -2.37. The van der Waals surface area contributed by atoms with Gasteiger partial charge in [-0.25, -0.2) is 0 Å². The molecule has 1 heterocycles. The fraction of sp³-hybridized carbons (Fsp3) is 0.458. The highest BCUT2D eigenvalue weighted by Gasteiger charge is 2.26. The Kier molecular flexibility index (Phi) is 6.13. The minimum atomic E-state index is -0.0972. The monoisotopic (exact) mass is 409 g/mol. The van der Waals surface area contributed by atoms with Gasteiger partial charge in [0.05, 0.1) is 19.8 Å². The second-order valence-corrected chi connectivity index (χ2v) is 8.18. The van der Waals surface area contributed by atoms with Gasteiger partial charge in [0.1, 0.15) is 11.5 Å². The zero-order valence-corrected chi connectivity index (χ0v) is 18.1. The maximum absolute atomic E-state index is 13.0. The van der Waals surface area contributed by atoms with Crippen LogP contribution in [0.3, 0.4) is 0 Å². The molecular formula is C24H31N3O3. The number of nitrogens with zero attached hydrogens (tertiary/aromatic N) is 2. The average Bonchev–Trinajstić information content (AvgIpc) is 2.78. The van der Waals surface area contributed by atoms with Gasteiger partial charge in [0.15, 0.2) is 0 Å². The zero-order chi connectivity index (χ0) is 21.1. The van der Waals surface area contributed by atoms with Gasteiger partial charge in [-0.3, -0.25) is 4.79 Å². The third-order valence-corrected chi connectivity index (χ3v) is 6.29. The van der Waals surface area contributed by atoms with Crippen LogP contribution in [0, 0.1) is 0 Å². The Bertz CT molecular complexity index is 907. The van der Waals surface area contributed by atoms with Crippen LogP contribution in [0.1, 0.15) is 27.9 Å². The van der Waals surface area contributed by atoms with Gasteiger partial charge < -0.3 is 24.6 Å². The third kappa shape index (κ3) is 4.24. The van der Waals surface area contributed by atoms with Gasteiger partial charge >= 0.3 is 0 Å². The molecule has 1 amide bonds. The van der Waals surface area contributed by atoms with Crippen molar-refractivity contribution in [2.24, 2.45) is 0 Å². The lowest BCUT2D eigenvalue weighted by molar-refractivity contribution is 0.0930. The Hall–Kier alpha value is -2.73. The van der Waals surface area contributed by atoms with Crippen LogP contribution in [-0.2, 0) is 12.8 Å². The molecular weight excluding hydrogens is 378 g/mol. The summed E-state index contributed by atoms with van der Waals surface area (Å²) in [7, 11) is 5.35. The van der Waals surface area contributed by atoms with Crippen LogP contribution in [-0.4, -0.2) is 64.3 Å². The summed E-state index contributed by atoms with van der Waals surface area (Å²) in [5.74, 6) is 1.10. The van der Waals surface area contributed by atoms with Crippen molar-refractivity contribution in [2.75, 3.05) is 52.3 Å². The summed E-state index contributed by atoms with van der Waals surface area (Å²) in [5.41, 5.74) is 4.68. The molecule has 30 heavy (non-hydrogen) atoms. The standard InChI is InChI=1S/C24H31N3O3/c1-26-11-13-27(14-12-26)22-6-4-5-17-7-8-18(15-21(17)22)25-24(28)20-10-9-19(29-2)16-23(20)30-3/h4-6,9-10,16,18H,7-8,11-15H2,1-3H3,(H,25,28)/t18-/m1/s1. The first-order valence-electron chi connectivity index (χ1n) is 10.7. The highest BCUT2D eigenvalue weighted by molar-refractivity contribution is 5.97. The number of carbonyl (C=O) groups excluding carboxylic acids is 1. The summed E-state index contributed by atoms with van der Waals surface area (Å²) in [6.07, 6.45) is 2.80. The van der Waals surface area contributed by atoms with E-state index in [1.54, 1.807) is 32.4 Å². The zero-order valence-electron chi connectivity index (χ0n) is 18.1. The van der Waals surface area contributed by atoms with Crippen LogP contribution in [0.4, 0.5) is 5.69 Å². The molecule has 0 bridgehead atoms. The fourth-order valence-corrected chi connectivity index (χ4v) is 4.49. The number of anilines is 1. The van der Waals surface area contributed by atoms with Crippen molar-refractivity contribution in [1.82, 2.24) is 10.2 Å². The number of hydrogen-bond donors (Lipinski definition) is 1. The van der Waals surface area contributed by atoms with Gasteiger partial charge in [-0.1, -0.05) is 12.1 Å². The molecule has 160 valence electrons. The van der Waals surface area contributed by atoms with Crippen molar-refractivity contribution in [3.8, 4) is 11.5 Å². The van der Waals surface area contributed by atoms with Gasteiger partial charge in [-0.15, -0.1) is 0 Å². The van der Waals surface area contributed by atoms with Crippen LogP contribution in [0.5, 0.6) is 11.5 Å². The molecule has 0 spiro atoms. The molecule has 1 N–H and O–H groups in total. The second kappa shape index (κ2) is 8.96. The largest absolute Gasteiger partial charge is 0.497 e. The quantitative estimate of drug-likeness (QED) is 0.823. The van der Waals surface area contributed by atoms with Gasteiger partial charge in [-0.2, -0.15) is 0 Å². The molecule has 1 aliphatic heterocycles. The Labute approximate surface area is 178 Å². The number of benzene rings is 2. The number of nitrogens with one attached hydrogen (secondary N) is 1. The van der Waals surface area contributed by atoms with Crippen LogP contribution >= 0.6 is 0 Å². The van der Waals surface area contributed by atoms with E-state index in [0.29, 0.717) is 17.1 Å². The molecule has 6 nitrogen and oxygen atoms in total. The van der Waals surface area contributed by atoms with E-state index >= 15 is 0 Å². The fourth-order valence-electron chi connectivity index (χ4n) is 4.49. The number of ether oxygens (including phenoxy) is 2. The number of amides is 1. The van der Waals surface area contributed by atoms with Crippen molar-refractivity contribution < 1.29 is 14.3 Å². The first kappa shape index (κ1) is 20.5. The van der Waals surface area contributed by atoms with E-state index in [-0.39, 0.29) is 11.9 Å². The van der Waals surface area contributed by atoms with E-state index in [0.717, 1.165) is 45.4 Å². The van der Waals surface area contributed by atoms with E-state index in [1.807, 2.05) is 0 Å². The molecule has 2 aromatic rings. The number of rotatable bonds is 5.